The maximum Gasteiger partial charge on any atom is 0.142 e. The van der Waals surface area contributed by atoms with Gasteiger partial charge in [0.1, 0.15) is 5.78 Å². The fraction of sp³-hybridized carbons (Fsp3) is 0.533. The first-order chi connectivity index (χ1) is 7.98. The van der Waals surface area contributed by atoms with Crippen molar-refractivity contribution < 1.29 is 4.79 Å². The van der Waals surface area contributed by atoms with E-state index in [1.807, 2.05) is 38.1 Å². The molecular weight excluding hydrogens is 210 g/mol. The number of anilines is 1. The second kappa shape index (κ2) is 5.85. The molecule has 2 heteroatoms. The van der Waals surface area contributed by atoms with Gasteiger partial charge in [0.2, 0.25) is 0 Å². The Balaban J connectivity index is 2.72. The number of Topliss-reactive ketones (excluding diaryl/α,β-unsaturated/α-hetero) is 1. The van der Waals surface area contributed by atoms with Crippen molar-refractivity contribution in [1.29, 1.82) is 0 Å². The van der Waals surface area contributed by atoms with E-state index < -0.39 is 5.41 Å². The molecule has 0 aliphatic rings. The standard InChI is InChI=1S/C15H23NO/c1-4-5-6-7-14(17)15(2,3)12-8-10-13(16)11-9-12/h8-11H,4-7,16H2,1-3H3. The van der Waals surface area contributed by atoms with E-state index in [2.05, 4.69) is 6.92 Å². The second-order valence-electron chi connectivity index (χ2n) is 5.13. The Kier molecular flexibility index (Phi) is 4.73. The Morgan fingerprint density at radius 2 is 1.76 bits per heavy atom. The SMILES string of the molecule is CCCCCC(=O)C(C)(C)c1ccc(N)cc1. The number of nitrogen functional groups attached to an aromatic ring is 1. The maximum atomic E-state index is 12.2. The molecular formula is C15H23NO. The lowest BCUT2D eigenvalue weighted by molar-refractivity contribution is -0.123. The summed E-state index contributed by atoms with van der Waals surface area (Å²) in [6, 6.07) is 7.62. The number of unbranched alkanes of at least 4 members (excludes halogenated alkanes) is 2. The molecule has 0 amide bonds. The predicted octanol–water partition coefficient (Wildman–Crippen LogP) is 3.70. The van der Waals surface area contributed by atoms with E-state index in [1.54, 1.807) is 0 Å². The zero-order chi connectivity index (χ0) is 12.9. The highest BCUT2D eigenvalue weighted by molar-refractivity contribution is 5.89. The van der Waals surface area contributed by atoms with Gasteiger partial charge < -0.3 is 5.73 Å². The van der Waals surface area contributed by atoms with Gasteiger partial charge in [0.15, 0.2) is 0 Å². The van der Waals surface area contributed by atoms with E-state index >= 15 is 0 Å². The van der Waals surface area contributed by atoms with E-state index in [1.165, 1.54) is 0 Å². The van der Waals surface area contributed by atoms with Crippen LogP contribution in [0.1, 0.15) is 52.0 Å². The highest BCUT2D eigenvalue weighted by atomic mass is 16.1. The first-order valence-corrected chi connectivity index (χ1v) is 6.37. The zero-order valence-corrected chi connectivity index (χ0v) is 11.1. The van der Waals surface area contributed by atoms with Crippen molar-refractivity contribution in [2.24, 2.45) is 0 Å². The van der Waals surface area contributed by atoms with E-state index in [-0.39, 0.29) is 0 Å². The van der Waals surface area contributed by atoms with Gasteiger partial charge in [-0.1, -0.05) is 31.9 Å². The smallest absolute Gasteiger partial charge is 0.142 e. The summed E-state index contributed by atoms with van der Waals surface area (Å²) in [5, 5.41) is 0. The van der Waals surface area contributed by atoms with Crippen LogP contribution in [0.2, 0.25) is 0 Å². The van der Waals surface area contributed by atoms with Crippen molar-refractivity contribution in [2.45, 2.75) is 51.9 Å². The molecule has 1 aromatic rings. The van der Waals surface area contributed by atoms with Crippen LogP contribution >= 0.6 is 0 Å². The third-order valence-electron chi connectivity index (χ3n) is 3.34. The minimum absolute atomic E-state index is 0.315. The molecule has 0 saturated heterocycles. The largest absolute Gasteiger partial charge is 0.399 e. The highest BCUT2D eigenvalue weighted by Gasteiger charge is 2.28. The molecule has 94 valence electrons. The van der Waals surface area contributed by atoms with Gasteiger partial charge in [-0.3, -0.25) is 4.79 Å². The topological polar surface area (TPSA) is 43.1 Å². The lowest BCUT2D eigenvalue weighted by atomic mass is 9.79. The van der Waals surface area contributed by atoms with Crippen molar-refractivity contribution in [3.05, 3.63) is 29.8 Å². The maximum absolute atomic E-state index is 12.2. The van der Waals surface area contributed by atoms with Crippen LogP contribution < -0.4 is 5.73 Å². The van der Waals surface area contributed by atoms with Crippen LogP contribution in [0.15, 0.2) is 24.3 Å². The van der Waals surface area contributed by atoms with E-state index in [0.29, 0.717) is 12.2 Å². The molecule has 0 spiro atoms. The summed E-state index contributed by atoms with van der Waals surface area (Å²) in [6.07, 6.45) is 3.94. The second-order valence-corrected chi connectivity index (χ2v) is 5.13. The first kappa shape index (κ1) is 13.8. The van der Waals surface area contributed by atoms with Crippen molar-refractivity contribution in [2.75, 3.05) is 5.73 Å². The third-order valence-corrected chi connectivity index (χ3v) is 3.34. The molecule has 17 heavy (non-hydrogen) atoms. The van der Waals surface area contributed by atoms with Gasteiger partial charge >= 0.3 is 0 Å². The quantitative estimate of drug-likeness (QED) is 0.601. The molecule has 2 nitrogen and oxygen atoms in total. The summed E-state index contributed by atoms with van der Waals surface area (Å²) >= 11 is 0. The normalized spacial score (nSPS) is 11.5. The first-order valence-electron chi connectivity index (χ1n) is 6.37. The van der Waals surface area contributed by atoms with Crippen molar-refractivity contribution in [3.63, 3.8) is 0 Å². The molecule has 0 atom stereocenters. The van der Waals surface area contributed by atoms with Gasteiger partial charge in [-0.2, -0.15) is 0 Å². The molecule has 1 rings (SSSR count). The molecule has 0 bridgehead atoms. The van der Waals surface area contributed by atoms with Crippen LogP contribution in [0.25, 0.3) is 0 Å². The molecule has 0 saturated carbocycles. The average molecular weight is 233 g/mol. The Bertz CT molecular complexity index is 365. The summed E-state index contributed by atoms with van der Waals surface area (Å²) in [7, 11) is 0. The number of hydrogen-bond acceptors (Lipinski definition) is 2. The van der Waals surface area contributed by atoms with Gasteiger partial charge in [-0.25, -0.2) is 0 Å². The average Bonchev–Trinajstić information content (AvgIpc) is 2.29. The van der Waals surface area contributed by atoms with Gasteiger partial charge in [0, 0.05) is 17.5 Å². The van der Waals surface area contributed by atoms with Crippen molar-refractivity contribution >= 4 is 11.5 Å². The molecule has 0 fully saturated rings. The zero-order valence-electron chi connectivity index (χ0n) is 11.1. The van der Waals surface area contributed by atoms with Gasteiger partial charge in [-0.15, -0.1) is 0 Å². The molecule has 0 radical (unpaired) electrons. The minimum Gasteiger partial charge on any atom is -0.399 e. The molecule has 0 unspecified atom stereocenters. The van der Waals surface area contributed by atoms with Crippen LogP contribution in [0.3, 0.4) is 0 Å². The number of carbonyl (C=O) groups excluding carboxylic acids is 1. The monoisotopic (exact) mass is 233 g/mol. The summed E-state index contributed by atoms with van der Waals surface area (Å²) in [5.41, 5.74) is 7.05. The molecule has 0 aliphatic carbocycles. The Labute approximate surface area is 104 Å². The number of rotatable bonds is 6. The number of ketones is 1. The van der Waals surface area contributed by atoms with Gasteiger partial charge in [0.25, 0.3) is 0 Å². The lowest BCUT2D eigenvalue weighted by Crippen LogP contribution is -2.28. The van der Waals surface area contributed by atoms with Gasteiger partial charge in [0.05, 0.1) is 0 Å². The predicted molar refractivity (Wildman–Crippen MR) is 73.0 cm³/mol. The Hall–Kier alpha value is -1.31. The lowest BCUT2D eigenvalue weighted by Gasteiger charge is -2.24. The molecule has 0 heterocycles. The van der Waals surface area contributed by atoms with Crippen LogP contribution in [-0.2, 0) is 10.2 Å². The number of benzene rings is 1. The molecule has 1 aromatic carbocycles. The van der Waals surface area contributed by atoms with E-state index in [0.717, 1.165) is 30.5 Å². The fourth-order valence-electron chi connectivity index (χ4n) is 1.91. The van der Waals surface area contributed by atoms with Crippen LogP contribution in [0.5, 0.6) is 0 Å². The Morgan fingerprint density at radius 1 is 1.18 bits per heavy atom. The Morgan fingerprint density at radius 3 is 2.29 bits per heavy atom. The summed E-state index contributed by atoms with van der Waals surface area (Å²) in [4.78, 5) is 12.2. The molecule has 2 N–H and O–H groups in total. The fourth-order valence-corrected chi connectivity index (χ4v) is 1.91. The molecule has 0 aromatic heterocycles. The van der Waals surface area contributed by atoms with Crippen molar-refractivity contribution in [3.8, 4) is 0 Å². The summed E-state index contributed by atoms with van der Waals surface area (Å²) in [6.45, 7) is 6.13. The van der Waals surface area contributed by atoms with E-state index in [4.69, 9.17) is 5.73 Å². The molecule has 0 aliphatic heterocycles. The minimum atomic E-state index is -0.401. The number of carbonyl (C=O) groups is 1. The summed E-state index contributed by atoms with van der Waals surface area (Å²) < 4.78 is 0. The number of hydrogen-bond donors (Lipinski definition) is 1. The van der Waals surface area contributed by atoms with Crippen LogP contribution in [0, 0.1) is 0 Å². The summed E-state index contributed by atoms with van der Waals surface area (Å²) in [5.74, 6) is 0.315. The van der Waals surface area contributed by atoms with Crippen molar-refractivity contribution in [1.82, 2.24) is 0 Å². The van der Waals surface area contributed by atoms with E-state index in [9.17, 15) is 4.79 Å². The van der Waals surface area contributed by atoms with Gasteiger partial charge in [-0.05, 0) is 38.0 Å². The van der Waals surface area contributed by atoms with Crippen LogP contribution in [-0.4, -0.2) is 5.78 Å². The third kappa shape index (κ3) is 3.58. The highest BCUT2D eigenvalue weighted by Crippen LogP contribution is 2.27. The number of nitrogens with two attached hydrogens (primary N) is 1. The van der Waals surface area contributed by atoms with Crippen LogP contribution in [0.4, 0.5) is 5.69 Å².